The molecule has 26 heavy (non-hydrogen) atoms. The van der Waals surface area contributed by atoms with Crippen LogP contribution in [0.1, 0.15) is 22.8 Å². The van der Waals surface area contributed by atoms with Crippen LogP contribution in [0, 0.1) is 0 Å². The first-order chi connectivity index (χ1) is 12.3. The Hall–Kier alpha value is -2.57. The first kappa shape index (κ1) is 19.8. The molecule has 0 aliphatic rings. The Balaban J connectivity index is 1.81. The van der Waals surface area contributed by atoms with Gasteiger partial charge in [-0.25, -0.2) is 4.79 Å². The molecule has 2 rings (SSSR count). The van der Waals surface area contributed by atoms with Crippen molar-refractivity contribution < 1.29 is 19.1 Å². The molecule has 2 amide bonds. The van der Waals surface area contributed by atoms with E-state index in [-0.39, 0.29) is 18.0 Å². The number of benzene rings is 2. The molecule has 6 nitrogen and oxygen atoms in total. The summed E-state index contributed by atoms with van der Waals surface area (Å²) < 4.78 is 4.96. The zero-order valence-electron chi connectivity index (χ0n) is 13.8. The van der Waals surface area contributed by atoms with E-state index in [1.807, 2.05) is 0 Å². The van der Waals surface area contributed by atoms with Crippen LogP contribution in [0.5, 0.6) is 0 Å². The molecule has 0 unspecified atom stereocenters. The highest BCUT2D eigenvalue weighted by atomic mass is 35.5. The highest BCUT2D eigenvalue weighted by Crippen LogP contribution is 2.20. The van der Waals surface area contributed by atoms with Gasteiger partial charge in [0.2, 0.25) is 5.91 Å². The second kappa shape index (κ2) is 9.22. The Morgan fingerprint density at radius 1 is 1.04 bits per heavy atom. The summed E-state index contributed by atoms with van der Waals surface area (Å²) in [6.07, 6.45) is 0. The lowest BCUT2D eigenvalue weighted by Crippen LogP contribution is -2.28. The topological polar surface area (TPSA) is 84.5 Å². The Morgan fingerprint density at radius 3 is 2.35 bits per heavy atom. The van der Waals surface area contributed by atoms with Crippen LogP contribution in [-0.4, -0.2) is 24.4 Å². The molecule has 0 aliphatic heterocycles. The maximum absolute atomic E-state index is 11.9. The van der Waals surface area contributed by atoms with Gasteiger partial charge in [-0.05, 0) is 42.0 Å². The van der Waals surface area contributed by atoms with E-state index in [0.717, 1.165) is 0 Å². The number of halogens is 2. The lowest BCUT2D eigenvalue weighted by atomic mass is 10.2. The first-order valence-electron chi connectivity index (χ1n) is 7.60. The van der Waals surface area contributed by atoms with Gasteiger partial charge < -0.3 is 15.4 Å². The summed E-state index contributed by atoms with van der Waals surface area (Å²) in [5.41, 5.74) is 1.53. The number of rotatable bonds is 6. The van der Waals surface area contributed by atoms with E-state index in [4.69, 9.17) is 27.9 Å². The molecule has 0 aliphatic carbocycles. The maximum Gasteiger partial charge on any atom is 0.338 e. The van der Waals surface area contributed by atoms with Gasteiger partial charge in [-0.15, -0.1) is 0 Å². The van der Waals surface area contributed by atoms with E-state index in [9.17, 15) is 14.4 Å². The van der Waals surface area contributed by atoms with Gasteiger partial charge in [-0.3, -0.25) is 9.59 Å². The number of nitrogens with one attached hydrogen (secondary N) is 2. The van der Waals surface area contributed by atoms with Crippen molar-refractivity contribution in [2.45, 2.75) is 13.5 Å². The third-order valence-corrected chi connectivity index (χ3v) is 3.85. The standard InChI is InChI=1S/C18H16Cl2N2O4/c1-11(23)22-15-6-3-12(4-7-15)18(25)26-10-17(24)21-9-13-2-5-14(19)8-16(13)20/h2-8H,9-10H2,1H3,(H,21,24)(H,22,23). The van der Waals surface area contributed by atoms with Gasteiger partial charge in [-0.2, -0.15) is 0 Å². The van der Waals surface area contributed by atoms with E-state index in [2.05, 4.69) is 10.6 Å². The second-order valence-electron chi connectivity index (χ2n) is 5.35. The van der Waals surface area contributed by atoms with Crippen molar-refractivity contribution in [1.29, 1.82) is 0 Å². The number of hydrogen-bond donors (Lipinski definition) is 2. The van der Waals surface area contributed by atoms with Gasteiger partial charge in [0.25, 0.3) is 5.91 Å². The van der Waals surface area contributed by atoms with Gasteiger partial charge >= 0.3 is 5.97 Å². The van der Waals surface area contributed by atoms with Crippen LogP contribution in [0.3, 0.4) is 0 Å². The van der Waals surface area contributed by atoms with Gasteiger partial charge in [-0.1, -0.05) is 29.3 Å². The lowest BCUT2D eigenvalue weighted by Gasteiger charge is -2.08. The van der Waals surface area contributed by atoms with Crippen LogP contribution in [-0.2, 0) is 20.9 Å². The molecule has 0 radical (unpaired) electrons. The summed E-state index contributed by atoms with van der Waals surface area (Å²) in [5.74, 6) is -1.31. The highest BCUT2D eigenvalue weighted by molar-refractivity contribution is 6.35. The Bertz CT molecular complexity index is 822. The zero-order chi connectivity index (χ0) is 19.1. The van der Waals surface area contributed by atoms with Crippen molar-refractivity contribution in [2.75, 3.05) is 11.9 Å². The smallest absolute Gasteiger partial charge is 0.338 e. The van der Waals surface area contributed by atoms with Gasteiger partial charge in [0.15, 0.2) is 6.61 Å². The highest BCUT2D eigenvalue weighted by Gasteiger charge is 2.11. The Kier molecular flexibility index (Phi) is 7.00. The molecule has 0 fully saturated rings. The number of hydrogen-bond acceptors (Lipinski definition) is 4. The fourth-order valence-electron chi connectivity index (χ4n) is 2.02. The fraction of sp³-hybridized carbons (Fsp3) is 0.167. The fourth-order valence-corrected chi connectivity index (χ4v) is 2.49. The van der Waals surface area contributed by atoms with Crippen LogP contribution in [0.25, 0.3) is 0 Å². The Morgan fingerprint density at radius 2 is 1.73 bits per heavy atom. The van der Waals surface area contributed by atoms with Crippen molar-refractivity contribution in [3.8, 4) is 0 Å². The molecule has 0 saturated heterocycles. The first-order valence-corrected chi connectivity index (χ1v) is 8.36. The van der Waals surface area contributed by atoms with E-state index >= 15 is 0 Å². The van der Waals surface area contributed by atoms with E-state index in [1.54, 1.807) is 30.3 Å². The molecule has 2 aromatic rings. The van der Waals surface area contributed by atoms with Crippen molar-refractivity contribution in [3.05, 3.63) is 63.6 Å². The van der Waals surface area contributed by atoms with Crippen molar-refractivity contribution in [1.82, 2.24) is 5.32 Å². The van der Waals surface area contributed by atoms with E-state index < -0.39 is 18.5 Å². The van der Waals surface area contributed by atoms with Crippen LogP contribution in [0.15, 0.2) is 42.5 Å². The minimum Gasteiger partial charge on any atom is -0.452 e. The lowest BCUT2D eigenvalue weighted by molar-refractivity contribution is -0.124. The van der Waals surface area contributed by atoms with Gasteiger partial charge in [0.1, 0.15) is 0 Å². The molecule has 0 spiro atoms. The summed E-state index contributed by atoms with van der Waals surface area (Å²) in [5, 5.41) is 6.14. The number of carbonyl (C=O) groups excluding carboxylic acids is 3. The zero-order valence-corrected chi connectivity index (χ0v) is 15.4. The van der Waals surface area contributed by atoms with Crippen molar-refractivity contribution >= 4 is 46.7 Å². The maximum atomic E-state index is 11.9. The summed E-state index contributed by atoms with van der Waals surface area (Å²) in [6, 6.07) is 11.1. The summed E-state index contributed by atoms with van der Waals surface area (Å²) in [4.78, 5) is 34.7. The molecule has 2 aromatic carbocycles. The molecular weight excluding hydrogens is 379 g/mol. The Labute approximate surface area is 160 Å². The average molecular weight is 395 g/mol. The van der Waals surface area contributed by atoms with Crippen LogP contribution >= 0.6 is 23.2 Å². The molecule has 0 atom stereocenters. The molecule has 0 bridgehead atoms. The quantitative estimate of drug-likeness (QED) is 0.735. The van der Waals surface area contributed by atoms with Crippen molar-refractivity contribution in [2.24, 2.45) is 0 Å². The minimum absolute atomic E-state index is 0.192. The summed E-state index contributed by atoms with van der Waals surface area (Å²) in [7, 11) is 0. The predicted molar refractivity (Wildman–Crippen MR) is 99.3 cm³/mol. The van der Waals surface area contributed by atoms with Gasteiger partial charge in [0, 0.05) is 29.2 Å². The van der Waals surface area contributed by atoms with Crippen LogP contribution < -0.4 is 10.6 Å². The number of amides is 2. The summed E-state index contributed by atoms with van der Waals surface area (Å²) >= 11 is 11.8. The molecule has 0 heterocycles. The third kappa shape index (κ3) is 6.06. The SMILES string of the molecule is CC(=O)Nc1ccc(C(=O)OCC(=O)NCc2ccc(Cl)cc2Cl)cc1. The number of anilines is 1. The van der Waals surface area contributed by atoms with Crippen LogP contribution in [0.4, 0.5) is 5.69 Å². The molecule has 136 valence electrons. The summed E-state index contributed by atoms with van der Waals surface area (Å²) in [6.45, 7) is 1.16. The van der Waals surface area contributed by atoms with Crippen LogP contribution in [0.2, 0.25) is 10.0 Å². The monoisotopic (exact) mass is 394 g/mol. The largest absolute Gasteiger partial charge is 0.452 e. The molecule has 2 N–H and O–H groups in total. The van der Waals surface area contributed by atoms with E-state index in [0.29, 0.717) is 21.3 Å². The molecular formula is C18H16Cl2N2O4. The second-order valence-corrected chi connectivity index (χ2v) is 6.19. The van der Waals surface area contributed by atoms with Gasteiger partial charge in [0.05, 0.1) is 5.56 Å². The van der Waals surface area contributed by atoms with E-state index in [1.165, 1.54) is 19.1 Å². The predicted octanol–water partition coefficient (Wildman–Crippen LogP) is 3.43. The average Bonchev–Trinajstić information content (AvgIpc) is 2.59. The van der Waals surface area contributed by atoms with Crippen molar-refractivity contribution in [3.63, 3.8) is 0 Å². The minimum atomic E-state index is -0.640. The molecule has 8 heteroatoms. The normalized spacial score (nSPS) is 10.1. The third-order valence-electron chi connectivity index (χ3n) is 3.27. The number of esters is 1. The number of carbonyl (C=O) groups is 3. The molecule has 0 aromatic heterocycles. The number of ether oxygens (including phenoxy) is 1. The molecule has 0 saturated carbocycles.